The van der Waals surface area contributed by atoms with E-state index in [1.54, 1.807) is 7.11 Å². The molecule has 0 saturated carbocycles. The number of hydrogen-bond donors (Lipinski definition) is 1. The molecule has 2 nitrogen and oxygen atoms in total. The topological polar surface area (TPSA) is 35.2 Å². The van der Waals surface area contributed by atoms with Gasteiger partial charge in [-0.2, -0.15) is 0 Å². The lowest BCUT2D eigenvalue weighted by Crippen LogP contribution is -2.03. The summed E-state index contributed by atoms with van der Waals surface area (Å²) in [5, 5.41) is 0. The predicted octanol–water partition coefficient (Wildman–Crippen LogP) is 2.49. The zero-order valence-corrected chi connectivity index (χ0v) is 9.23. The van der Waals surface area contributed by atoms with Gasteiger partial charge in [-0.3, -0.25) is 0 Å². The van der Waals surface area contributed by atoms with Gasteiger partial charge >= 0.3 is 0 Å². The molecule has 0 aliphatic rings. The van der Waals surface area contributed by atoms with E-state index in [-0.39, 0.29) is 0 Å². The van der Waals surface area contributed by atoms with Crippen LogP contribution in [-0.4, -0.2) is 20.3 Å². The molecule has 0 radical (unpaired) electrons. The maximum Gasteiger partial charge on any atom is 0.0675 e. The number of ether oxygens (including phenoxy) is 1. The summed E-state index contributed by atoms with van der Waals surface area (Å²) in [7, 11) is 1.75. The van der Waals surface area contributed by atoms with E-state index in [1.807, 2.05) is 0 Å². The van der Waals surface area contributed by atoms with Crippen LogP contribution in [0.15, 0.2) is 11.1 Å². The third-order valence-electron chi connectivity index (χ3n) is 2.23. The molecule has 0 aromatic rings. The fraction of sp³-hybridized carbons (Fsp3) is 0.818. The molecule has 0 aliphatic carbocycles. The van der Waals surface area contributed by atoms with Crippen LogP contribution in [0.4, 0.5) is 0 Å². The summed E-state index contributed by atoms with van der Waals surface area (Å²) >= 11 is 0. The summed E-state index contributed by atoms with van der Waals surface area (Å²) in [6, 6.07) is 0. The zero-order valence-electron chi connectivity index (χ0n) is 9.23. The Kier molecular flexibility index (Phi) is 8.05. The van der Waals surface area contributed by atoms with Gasteiger partial charge in [0, 0.05) is 7.11 Å². The van der Waals surface area contributed by atoms with Crippen molar-refractivity contribution in [1.29, 1.82) is 0 Å². The third kappa shape index (κ3) is 5.83. The molecule has 13 heavy (non-hydrogen) atoms. The van der Waals surface area contributed by atoms with Gasteiger partial charge in [0.1, 0.15) is 0 Å². The minimum absolute atomic E-state index is 0.770. The van der Waals surface area contributed by atoms with Crippen molar-refractivity contribution in [2.24, 2.45) is 5.73 Å². The van der Waals surface area contributed by atoms with Gasteiger partial charge in [0.05, 0.1) is 6.61 Å². The van der Waals surface area contributed by atoms with Gasteiger partial charge in [-0.05, 0) is 38.3 Å². The van der Waals surface area contributed by atoms with Gasteiger partial charge in [-0.15, -0.1) is 0 Å². The van der Waals surface area contributed by atoms with Crippen molar-refractivity contribution in [2.45, 2.75) is 39.5 Å². The van der Waals surface area contributed by atoms with E-state index in [2.05, 4.69) is 13.8 Å². The van der Waals surface area contributed by atoms with E-state index < -0.39 is 0 Å². The highest BCUT2D eigenvalue weighted by molar-refractivity contribution is 5.12. The molecule has 2 heteroatoms. The number of nitrogens with two attached hydrogens (primary N) is 1. The van der Waals surface area contributed by atoms with Crippen molar-refractivity contribution in [3.63, 3.8) is 0 Å². The fourth-order valence-corrected chi connectivity index (χ4v) is 1.45. The monoisotopic (exact) mass is 185 g/mol. The maximum atomic E-state index is 5.48. The molecule has 0 heterocycles. The Balaban J connectivity index is 4.10. The Morgan fingerprint density at radius 2 is 2.00 bits per heavy atom. The van der Waals surface area contributed by atoms with E-state index in [9.17, 15) is 0 Å². The molecule has 0 spiro atoms. The molecule has 0 bridgehead atoms. The summed E-state index contributed by atoms with van der Waals surface area (Å²) in [6.07, 6.45) is 4.56. The standard InChI is InChI=1S/C11H23NO/c1-4-6-10(2)11(9-13-3)7-5-8-12/h4-9,12H2,1-3H3. The first-order valence-electron chi connectivity index (χ1n) is 5.12. The van der Waals surface area contributed by atoms with Crippen LogP contribution >= 0.6 is 0 Å². The van der Waals surface area contributed by atoms with Gasteiger partial charge in [0.2, 0.25) is 0 Å². The van der Waals surface area contributed by atoms with Crippen molar-refractivity contribution in [1.82, 2.24) is 0 Å². The minimum Gasteiger partial charge on any atom is -0.380 e. The molecule has 0 aliphatic heterocycles. The largest absolute Gasteiger partial charge is 0.380 e. The zero-order chi connectivity index (χ0) is 10.1. The molecule has 0 saturated heterocycles. The highest BCUT2D eigenvalue weighted by Gasteiger charge is 2.01. The van der Waals surface area contributed by atoms with Crippen LogP contribution in [0.2, 0.25) is 0 Å². The van der Waals surface area contributed by atoms with Gasteiger partial charge in [0.25, 0.3) is 0 Å². The second kappa shape index (κ2) is 8.27. The smallest absolute Gasteiger partial charge is 0.0675 e. The van der Waals surface area contributed by atoms with Crippen LogP contribution < -0.4 is 5.73 Å². The molecule has 0 aromatic heterocycles. The molecule has 0 fully saturated rings. The first-order valence-corrected chi connectivity index (χ1v) is 5.12. The van der Waals surface area contributed by atoms with Crippen LogP contribution in [-0.2, 0) is 4.74 Å². The van der Waals surface area contributed by atoms with Crippen molar-refractivity contribution in [3.05, 3.63) is 11.1 Å². The lowest BCUT2D eigenvalue weighted by Gasteiger charge is -2.10. The van der Waals surface area contributed by atoms with Crippen LogP contribution in [0.1, 0.15) is 39.5 Å². The molecule has 0 amide bonds. The highest BCUT2D eigenvalue weighted by atomic mass is 16.5. The Hall–Kier alpha value is -0.340. The number of rotatable bonds is 7. The molecule has 0 rings (SSSR count). The molecular formula is C11H23NO. The summed E-state index contributed by atoms with van der Waals surface area (Å²) in [5.74, 6) is 0. The summed E-state index contributed by atoms with van der Waals surface area (Å²) in [5.41, 5.74) is 8.41. The van der Waals surface area contributed by atoms with E-state index >= 15 is 0 Å². The Labute approximate surface area is 82.2 Å². The highest BCUT2D eigenvalue weighted by Crippen LogP contribution is 2.15. The van der Waals surface area contributed by atoms with E-state index in [0.717, 1.165) is 26.0 Å². The quantitative estimate of drug-likeness (QED) is 0.618. The predicted molar refractivity (Wildman–Crippen MR) is 57.8 cm³/mol. The van der Waals surface area contributed by atoms with Gasteiger partial charge in [-0.25, -0.2) is 0 Å². The number of allylic oxidation sites excluding steroid dienone is 1. The summed E-state index contributed by atoms with van der Waals surface area (Å²) < 4.78 is 5.17. The van der Waals surface area contributed by atoms with E-state index in [0.29, 0.717) is 0 Å². The van der Waals surface area contributed by atoms with Crippen molar-refractivity contribution < 1.29 is 4.74 Å². The third-order valence-corrected chi connectivity index (χ3v) is 2.23. The minimum atomic E-state index is 0.770. The number of methoxy groups -OCH3 is 1. The second-order valence-electron chi connectivity index (χ2n) is 3.46. The second-order valence-corrected chi connectivity index (χ2v) is 3.46. The van der Waals surface area contributed by atoms with Gasteiger partial charge in [-0.1, -0.05) is 18.9 Å². The molecule has 2 N–H and O–H groups in total. The molecule has 0 atom stereocenters. The Morgan fingerprint density at radius 1 is 1.31 bits per heavy atom. The Morgan fingerprint density at radius 3 is 2.46 bits per heavy atom. The van der Waals surface area contributed by atoms with Crippen molar-refractivity contribution >= 4 is 0 Å². The van der Waals surface area contributed by atoms with Crippen LogP contribution in [0, 0.1) is 0 Å². The Bertz CT molecular complexity index is 152. The number of hydrogen-bond acceptors (Lipinski definition) is 2. The maximum absolute atomic E-state index is 5.48. The summed E-state index contributed by atoms with van der Waals surface area (Å²) in [6.45, 7) is 5.95. The average Bonchev–Trinajstić information content (AvgIpc) is 2.12. The average molecular weight is 185 g/mol. The fourth-order valence-electron chi connectivity index (χ4n) is 1.45. The van der Waals surface area contributed by atoms with Crippen molar-refractivity contribution in [2.75, 3.05) is 20.3 Å². The normalized spacial score (nSPS) is 12.9. The lowest BCUT2D eigenvalue weighted by molar-refractivity contribution is 0.221. The first kappa shape index (κ1) is 12.7. The molecule has 0 unspecified atom stereocenters. The lowest BCUT2D eigenvalue weighted by atomic mass is 10.0. The van der Waals surface area contributed by atoms with Crippen LogP contribution in [0.25, 0.3) is 0 Å². The van der Waals surface area contributed by atoms with Crippen LogP contribution in [0.5, 0.6) is 0 Å². The first-order chi connectivity index (χ1) is 6.26. The van der Waals surface area contributed by atoms with Gasteiger partial charge in [0.15, 0.2) is 0 Å². The van der Waals surface area contributed by atoms with Gasteiger partial charge < -0.3 is 10.5 Å². The molecule has 78 valence electrons. The molecular weight excluding hydrogens is 162 g/mol. The van der Waals surface area contributed by atoms with Crippen molar-refractivity contribution in [3.8, 4) is 0 Å². The van der Waals surface area contributed by atoms with E-state index in [1.165, 1.54) is 24.0 Å². The molecule has 0 aromatic carbocycles. The SMILES string of the molecule is CCCC(C)=C(CCCN)COC. The van der Waals surface area contributed by atoms with Crippen LogP contribution in [0.3, 0.4) is 0 Å². The van der Waals surface area contributed by atoms with E-state index in [4.69, 9.17) is 10.5 Å². The summed E-state index contributed by atoms with van der Waals surface area (Å²) in [4.78, 5) is 0.